The summed E-state index contributed by atoms with van der Waals surface area (Å²) in [4.78, 5) is 20.4. The Morgan fingerprint density at radius 2 is 2.10 bits per heavy atom. The monoisotopic (exact) mass is 267 g/mol. The van der Waals surface area contributed by atoms with Crippen molar-refractivity contribution in [3.63, 3.8) is 0 Å². The van der Waals surface area contributed by atoms with Crippen LogP contribution in [0, 0.1) is 13.8 Å². The first-order chi connectivity index (χ1) is 9.65. The van der Waals surface area contributed by atoms with E-state index in [1.807, 2.05) is 31.2 Å². The number of hydrogen-bond donors (Lipinski definition) is 2. The number of hydrogen-bond acceptors (Lipinski definition) is 4. The van der Waals surface area contributed by atoms with Gasteiger partial charge in [0.05, 0.1) is 11.2 Å². The molecule has 6 nitrogen and oxygen atoms in total. The van der Waals surface area contributed by atoms with Crippen molar-refractivity contribution in [3.8, 4) is 0 Å². The molecule has 1 aromatic carbocycles. The molecule has 0 bridgehead atoms. The largest absolute Gasteiger partial charge is 0.319 e. The predicted molar refractivity (Wildman–Crippen MR) is 75.6 cm³/mol. The highest BCUT2D eigenvalue weighted by Gasteiger charge is 2.13. The molecule has 0 unspecified atom stereocenters. The number of anilines is 1. The molecule has 20 heavy (non-hydrogen) atoms. The van der Waals surface area contributed by atoms with Gasteiger partial charge in [-0.15, -0.1) is 5.10 Å². The molecule has 2 heterocycles. The lowest BCUT2D eigenvalue weighted by Crippen LogP contribution is -2.14. The maximum atomic E-state index is 12.1. The van der Waals surface area contributed by atoms with Crippen LogP contribution in [0.5, 0.6) is 0 Å². The fourth-order valence-electron chi connectivity index (χ4n) is 2.05. The van der Waals surface area contributed by atoms with Crippen LogP contribution in [0.4, 0.5) is 5.69 Å². The smallest absolute Gasteiger partial charge is 0.295 e. The van der Waals surface area contributed by atoms with Crippen LogP contribution in [-0.4, -0.2) is 26.1 Å². The first kappa shape index (κ1) is 12.3. The first-order valence-corrected chi connectivity index (χ1v) is 6.20. The number of rotatable bonds is 2. The summed E-state index contributed by atoms with van der Waals surface area (Å²) in [5.74, 6) is 0.383. The Morgan fingerprint density at radius 3 is 2.85 bits per heavy atom. The van der Waals surface area contributed by atoms with Crippen LogP contribution in [0.15, 0.2) is 30.5 Å². The van der Waals surface area contributed by atoms with Gasteiger partial charge >= 0.3 is 0 Å². The van der Waals surface area contributed by atoms with Gasteiger partial charge in [0.2, 0.25) is 5.82 Å². The van der Waals surface area contributed by atoms with Crippen molar-refractivity contribution in [2.24, 2.45) is 0 Å². The van der Waals surface area contributed by atoms with Crippen molar-refractivity contribution >= 4 is 22.5 Å². The van der Waals surface area contributed by atoms with Gasteiger partial charge in [-0.3, -0.25) is 14.9 Å². The van der Waals surface area contributed by atoms with E-state index in [2.05, 4.69) is 25.5 Å². The molecule has 3 rings (SSSR count). The molecule has 0 radical (unpaired) electrons. The molecule has 0 aliphatic rings. The second-order valence-electron chi connectivity index (χ2n) is 4.53. The zero-order valence-electron chi connectivity index (χ0n) is 11.1. The van der Waals surface area contributed by atoms with Crippen LogP contribution < -0.4 is 5.32 Å². The van der Waals surface area contributed by atoms with Gasteiger partial charge in [0.1, 0.15) is 5.82 Å². The van der Waals surface area contributed by atoms with E-state index in [-0.39, 0.29) is 11.7 Å². The van der Waals surface area contributed by atoms with Gasteiger partial charge in [0.15, 0.2) is 0 Å². The maximum Gasteiger partial charge on any atom is 0.295 e. The molecule has 2 N–H and O–H groups in total. The Hall–Kier alpha value is -2.76. The van der Waals surface area contributed by atoms with Gasteiger partial charge in [0.25, 0.3) is 5.91 Å². The third kappa shape index (κ3) is 2.11. The average molecular weight is 267 g/mol. The van der Waals surface area contributed by atoms with Crippen LogP contribution in [0.1, 0.15) is 22.0 Å². The Balaban J connectivity index is 1.99. The van der Waals surface area contributed by atoms with Crippen LogP contribution in [-0.2, 0) is 0 Å². The number of fused-ring (bicyclic) bond motifs is 1. The van der Waals surface area contributed by atoms with E-state index >= 15 is 0 Å². The van der Waals surface area contributed by atoms with E-state index in [4.69, 9.17) is 0 Å². The fraction of sp³-hybridized carbons (Fsp3) is 0.143. The fourth-order valence-corrected chi connectivity index (χ4v) is 2.05. The quantitative estimate of drug-likeness (QED) is 0.745. The summed E-state index contributed by atoms with van der Waals surface area (Å²) < 4.78 is 0. The highest BCUT2D eigenvalue weighted by Crippen LogP contribution is 2.24. The number of aromatic nitrogens is 4. The number of aromatic amines is 1. The maximum absolute atomic E-state index is 12.1. The van der Waals surface area contributed by atoms with Crippen molar-refractivity contribution in [3.05, 3.63) is 47.7 Å². The Kier molecular flexibility index (Phi) is 2.90. The lowest BCUT2D eigenvalue weighted by molar-refractivity contribution is 0.101. The number of carbonyl (C=O) groups is 1. The normalized spacial score (nSPS) is 10.7. The third-order valence-corrected chi connectivity index (χ3v) is 3.02. The molecule has 0 atom stereocenters. The van der Waals surface area contributed by atoms with Crippen LogP contribution in [0.2, 0.25) is 0 Å². The number of nitrogens with one attached hydrogen (secondary N) is 2. The van der Waals surface area contributed by atoms with Crippen molar-refractivity contribution in [1.29, 1.82) is 0 Å². The highest BCUT2D eigenvalue weighted by atomic mass is 16.2. The summed E-state index contributed by atoms with van der Waals surface area (Å²) in [5, 5.41) is 10.2. The van der Waals surface area contributed by atoms with Gasteiger partial charge in [-0.25, -0.2) is 4.98 Å². The van der Waals surface area contributed by atoms with E-state index in [1.54, 1.807) is 13.1 Å². The number of nitrogens with zero attached hydrogens (tertiary/aromatic N) is 3. The third-order valence-electron chi connectivity index (χ3n) is 3.02. The molecule has 0 saturated carbocycles. The van der Waals surface area contributed by atoms with Crippen molar-refractivity contribution in [2.45, 2.75) is 13.8 Å². The van der Waals surface area contributed by atoms with Gasteiger partial charge in [0, 0.05) is 11.6 Å². The van der Waals surface area contributed by atoms with Gasteiger partial charge in [-0.2, -0.15) is 0 Å². The number of pyridine rings is 1. The molecular formula is C14H13N5O. The molecule has 0 fully saturated rings. The summed E-state index contributed by atoms with van der Waals surface area (Å²) >= 11 is 0. The summed E-state index contributed by atoms with van der Waals surface area (Å²) in [7, 11) is 0. The molecule has 0 aliphatic carbocycles. The van der Waals surface area contributed by atoms with Gasteiger partial charge in [-0.1, -0.05) is 6.07 Å². The highest BCUT2D eigenvalue weighted by molar-refractivity contribution is 6.07. The number of aryl methyl sites for hydroxylation is 2. The standard InChI is InChI=1S/C14H13N5O/c1-8-5-6-11(10-4-3-7-15-12(8)10)17-14(20)13-16-9(2)18-19-13/h3-7H,1-2H3,(H,17,20)(H,16,18,19). The molecule has 100 valence electrons. The lowest BCUT2D eigenvalue weighted by Gasteiger charge is -2.08. The minimum absolute atomic E-state index is 0.125. The summed E-state index contributed by atoms with van der Waals surface area (Å²) in [6.07, 6.45) is 1.74. The zero-order chi connectivity index (χ0) is 14.1. The molecular weight excluding hydrogens is 254 g/mol. The Bertz CT molecular complexity index is 793. The average Bonchev–Trinajstić information content (AvgIpc) is 2.89. The Labute approximate surface area is 115 Å². The summed E-state index contributed by atoms with van der Waals surface area (Å²) in [5.41, 5.74) is 2.63. The minimum Gasteiger partial charge on any atom is -0.319 e. The van der Waals surface area contributed by atoms with E-state index in [9.17, 15) is 4.79 Å². The van der Waals surface area contributed by atoms with Crippen LogP contribution in [0.25, 0.3) is 10.9 Å². The van der Waals surface area contributed by atoms with E-state index in [0.717, 1.165) is 16.5 Å². The molecule has 6 heteroatoms. The van der Waals surface area contributed by atoms with E-state index in [1.165, 1.54) is 0 Å². The van der Waals surface area contributed by atoms with Crippen molar-refractivity contribution in [1.82, 2.24) is 20.2 Å². The van der Waals surface area contributed by atoms with Gasteiger partial charge in [-0.05, 0) is 37.6 Å². The first-order valence-electron chi connectivity index (χ1n) is 6.20. The molecule has 2 aromatic heterocycles. The van der Waals surface area contributed by atoms with Crippen molar-refractivity contribution < 1.29 is 4.79 Å². The number of amides is 1. The molecule has 0 spiro atoms. The zero-order valence-corrected chi connectivity index (χ0v) is 11.1. The van der Waals surface area contributed by atoms with Crippen LogP contribution >= 0.6 is 0 Å². The topological polar surface area (TPSA) is 83.6 Å². The lowest BCUT2D eigenvalue weighted by atomic mass is 10.1. The van der Waals surface area contributed by atoms with E-state index < -0.39 is 0 Å². The number of carbonyl (C=O) groups excluding carboxylic acids is 1. The predicted octanol–water partition coefficient (Wildman–Crippen LogP) is 2.22. The Morgan fingerprint density at radius 1 is 1.25 bits per heavy atom. The van der Waals surface area contributed by atoms with Gasteiger partial charge < -0.3 is 5.32 Å². The van der Waals surface area contributed by atoms with E-state index in [0.29, 0.717) is 11.5 Å². The molecule has 3 aromatic rings. The molecule has 1 amide bonds. The van der Waals surface area contributed by atoms with Crippen molar-refractivity contribution in [2.75, 3.05) is 5.32 Å². The summed E-state index contributed by atoms with van der Waals surface area (Å²) in [6.45, 7) is 3.73. The number of benzene rings is 1. The molecule has 0 aliphatic heterocycles. The second-order valence-corrected chi connectivity index (χ2v) is 4.53. The molecule has 0 saturated heterocycles. The second kappa shape index (κ2) is 4.73. The SMILES string of the molecule is Cc1nc(C(=O)Nc2ccc(C)c3ncccc23)n[nH]1. The van der Waals surface area contributed by atoms with Crippen LogP contribution in [0.3, 0.4) is 0 Å². The summed E-state index contributed by atoms with van der Waals surface area (Å²) in [6, 6.07) is 7.55. The number of H-pyrrole nitrogens is 1. The minimum atomic E-state index is -0.344.